The Hall–Kier alpha value is -8.92. The number of para-hydroxylation sites is 1. The number of rotatable bonds is 5. The number of nitrogens with zero attached hydrogens (tertiary/aromatic N) is 2. The summed E-state index contributed by atoms with van der Waals surface area (Å²) in [7, 11) is 0. The molecule has 3 heteroatoms. The maximum Gasteiger partial charge on any atom is 0.160 e. The van der Waals surface area contributed by atoms with Crippen LogP contribution in [0, 0.1) is 0 Å². The number of hydrogen-bond acceptors (Lipinski definition) is 3. The Labute approximate surface area is 394 Å². The highest BCUT2D eigenvalue weighted by molar-refractivity contribution is 6.06. The van der Waals surface area contributed by atoms with Crippen LogP contribution in [0.25, 0.3) is 111 Å². The number of aromatic nitrogens is 2. The van der Waals surface area contributed by atoms with E-state index in [4.69, 9.17) is 14.4 Å². The topological polar surface area (TPSA) is 38.9 Å². The Kier molecular flexibility index (Phi) is 8.50. The van der Waals surface area contributed by atoms with Crippen LogP contribution < -0.4 is 0 Å². The summed E-state index contributed by atoms with van der Waals surface area (Å²) in [5.41, 5.74) is 22.6. The molecule has 2 aliphatic carbocycles. The van der Waals surface area contributed by atoms with E-state index < -0.39 is 5.41 Å². The lowest BCUT2D eigenvalue weighted by Crippen LogP contribution is -2.29. The largest absolute Gasteiger partial charge is 0.456 e. The van der Waals surface area contributed by atoms with Gasteiger partial charge in [-0.25, -0.2) is 9.97 Å². The molecule has 12 aromatic rings. The third kappa shape index (κ3) is 5.79. The highest BCUT2D eigenvalue weighted by atomic mass is 16.3. The van der Waals surface area contributed by atoms with Gasteiger partial charge in [-0.15, -0.1) is 0 Å². The van der Waals surface area contributed by atoms with E-state index in [-0.39, 0.29) is 0 Å². The monoisotopic (exact) mass is 864 g/mol. The fraction of sp³-hybridized carbons (Fsp3) is 0.0154. The molecule has 10 aromatic carbocycles. The highest BCUT2D eigenvalue weighted by Crippen LogP contribution is 2.61. The molecule has 0 aliphatic heterocycles. The number of benzene rings is 10. The van der Waals surface area contributed by atoms with E-state index in [1.165, 1.54) is 55.6 Å². The molecule has 2 heterocycles. The quantitative estimate of drug-likeness (QED) is 0.173. The smallest absolute Gasteiger partial charge is 0.160 e. The number of fused-ring (bicyclic) bond motifs is 15. The predicted octanol–water partition coefficient (Wildman–Crippen LogP) is 16.7. The lowest BCUT2D eigenvalue weighted by atomic mass is 9.66. The van der Waals surface area contributed by atoms with Crippen LogP contribution in [0.15, 0.2) is 247 Å². The fourth-order valence-electron chi connectivity index (χ4n) is 11.3. The van der Waals surface area contributed by atoms with Crippen molar-refractivity contribution < 1.29 is 4.42 Å². The zero-order valence-electron chi connectivity index (χ0n) is 36.9. The van der Waals surface area contributed by atoms with E-state index in [0.29, 0.717) is 5.82 Å². The van der Waals surface area contributed by atoms with Gasteiger partial charge in [0.1, 0.15) is 11.2 Å². The first-order valence-electron chi connectivity index (χ1n) is 23.3. The molecule has 0 amide bonds. The van der Waals surface area contributed by atoms with Crippen molar-refractivity contribution in [2.24, 2.45) is 0 Å². The molecule has 316 valence electrons. The van der Waals surface area contributed by atoms with Crippen LogP contribution in [0.4, 0.5) is 0 Å². The Morgan fingerprint density at radius 3 is 1.34 bits per heavy atom. The van der Waals surface area contributed by atoms with Gasteiger partial charge in [0, 0.05) is 27.5 Å². The third-order valence-corrected chi connectivity index (χ3v) is 14.3. The van der Waals surface area contributed by atoms with Crippen molar-refractivity contribution in [1.82, 2.24) is 9.97 Å². The first-order chi connectivity index (χ1) is 33.7. The predicted molar refractivity (Wildman–Crippen MR) is 278 cm³/mol. The van der Waals surface area contributed by atoms with E-state index in [1.807, 2.05) is 12.1 Å². The van der Waals surface area contributed by atoms with E-state index in [1.54, 1.807) is 0 Å². The summed E-state index contributed by atoms with van der Waals surface area (Å²) in [6.07, 6.45) is 0. The number of furan rings is 1. The summed E-state index contributed by atoms with van der Waals surface area (Å²) in [6.45, 7) is 0. The fourth-order valence-corrected chi connectivity index (χ4v) is 11.3. The second-order valence-electron chi connectivity index (χ2n) is 18.0. The van der Waals surface area contributed by atoms with Crippen LogP contribution in [0.5, 0.6) is 0 Å². The summed E-state index contributed by atoms with van der Waals surface area (Å²) in [5, 5.41) is 2.18. The van der Waals surface area contributed by atoms with Crippen molar-refractivity contribution in [1.29, 1.82) is 0 Å². The van der Waals surface area contributed by atoms with E-state index in [2.05, 4.69) is 231 Å². The third-order valence-electron chi connectivity index (χ3n) is 14.3. The lowest BCUT2D eigenvalue weighted by Gasteiger charge is -2.35. The molecule has 0 saturated carbocycles. The molecule has 0 fully saturated rings. The Morgan fingerprint density at radius 2 is 0.721 bits per heavy atom. The Bertz CT molecular complexity index is 3850. The van der Waals surface area contributed by atoms with Crippen LogP contribution in [0.3, 0.4) is 0 Å². The van der Waals surface area contributed by atoms with Gasteiger partial charge in [0.2, 0.25) is 0 Å². The van der Waals surface area contributed by atoms with Gasteiger partial charge in [-0.2, -0.15) is 0 Å². The van der Waals surface area contributed by atoms with Crippen molar-refractivity contribution in [2.75, 3.05) is 0 Å². The van der Waals surface area contributed by atoms with E-state index in [0.717, 1.165) is 72.3 Å². The molecule has 0 N–H and O–H groups in total. The Morgan fingerprint density at radius 1 is 0.265 bits per heavy atom. The van der Waals surface area contributed by atoms with E-state index >= 15 is 0 Å². The first kappa shape index (κ1) is 38.4. The summed E-state index contributed by atoms with van der Waals surface area (Å²) in [6, 6.07) is 87.7. The molecule has 14 rings (SSSR count). The SMILES string of the molecule is c1ccc(-c2cc(-c3ccccc3)cc(-c3cc(-c4ccc5c(c4)oc4ccccc45)nc(-c4ccc5c(c4)C4(c6ccccc6-c6ccccc6-c6ccccc64)c4ccccc4-5)n3)c2)cc1. The maximum absolute atomic E-state index is 6.47. The average molecular weight is 865 g/mol. The molecule has 3 nitrogen and oxygen atoms in total. The summed E-state index contributed by atoms with van der Waals surface area (Å²) >= 11 is 0. The summed E-state index contributed by atoms with van der Waals surface area (Å²) < 4.78 is 6.47. The van der Waals surface area contributed by atoms with Gasteiger partial charge in [0.05, 0.1) is 16.8 Å². The van der Waals surface area contributed by atoms with E-state index in [9.17, 15) is 0 Å². The van der Waals surface area contributed by atoms with Gasteiger partial charge in [0.15, 0.2) is 5.82 Å². The maximum atomic E-state index is 6.47. The second kappa shape index (κ2) is 15.1. The lowest BCUT2D eigenvalue weighted by molar-refractivity contribution is 0.669. The van der Waals surface area contributed by atoms with Crippen molar-refractivity contribution in [3.63, 3.8) is 0 Å². The first-order valence-corrected chi connectivity index (χ1v) is 23.3. The van der Waals surface area contributed by atoms with Gasteiger partial charge in [-0.3, -0.25) is 0 Å². The van der Waals surface area contributed by atoms with Gasteiger partial charge in [-0.05, 0) is 126 Å². The van der Waals surface area contributed by atoms with Crippen LogP contribution in [0.2, 0.25) is 0 Å². The molecule has 2 aromatic heterocycles. The van der Waals surface area contributed by atoms with Crippen molar-refractivity contribution in [3.8, 4) is 89.5 Å². The molecule has 2 aliphatic rings. The molecule has 0 unspecified atom stereocenters. The highest BCUT2D eigenvalue weighted by Gasteiger charge is 2.49. The minimum Gasteiger partial charge on any atom is -0.456 e. The van der Waals surface area contributed by atoms with Gasteiger partial charge in [-0.1, -0.05) is 194 Å². The molecule has 1 spiro atoms. The van der Waals surface area contributed by atoms with Crippen molar-refractivity contribution in [3.05, 3.63) is 265 Å². The zero-order valence-corrected chi connectivity index (χ0v) is 36.9. The molecular formula is C65H40N2O. The standard InChI is InChI=1S/C65H40N2O/c1-3-17-41(18-4-1)45-35-46(42-19-5-2-6-20-42)37-47(36-45)61-40-60(43-31-34-55-54-26-12-16-30-62(54)68-63(55)39-43)66-64(67-61)44-32-33-53-52-25-11-15-29-58(52)65(59(53)38-44)56-27-13-9-23-50(56)48-21-7-8-22-49(48)51-24-10-14-28-57(51)65/h1-40H. The zero-order chi connectivity index (χ0) is 44.8. The molecule has 0 bridgehead atoms. The van der Waals surface area contributed by atoms with Gasteiger partial charge in [0.25, 0.3) is 0 Å². The van der Waals surface area contributed by atoms with Gasteiger partial charge < -0.3 is 4.42 Å². The summed E-state index contributed by atoms with van der Waals surface area (Å²) in [4.78, 5) is 11.1. The molecule has 68 heavy (non-hydrogen) atoms. The van der Waals surface area contributed by atoms with Crippen LogP contribution in [-0.4, -0.2) is 9.97 Å². The van der Waals surface area contributed by atoms with Crippen molar-refractivity contribution in [2.45, 2.75) is 5.41 Å². The van der Waals surface area contributed by atoms with Crippen molar-refractivity contribution >= 4 is 21.9 Å². The molecular weight excluding hydrogens is 825 g/mol. The minimum atomic E-state index is -0.629. The summed E-state index contributed by atoms with van der Waals surface area (Å²) in [5.74, 6) is 0.654. The van der Waals surface area contributed by atoms with Crippen LogP contribution >= 0.6 is 0 Å². The molecule has 0 radical (unpaired) electrons. The van der Waals surface area contributed by atoms with Gasteiger partial charge >= 0.3 is 0 Å². The normalized spacial score (nSPS) is 12.8. The Balaban J connectivity index is 1.03. The minimum absolute atomic E-state index is 0.629. The molecule has 0 saturated heterocycles. The second-order valence-corrected chi connectivity index (χ2v) is 18.0. The van der Waals surface area contributed by atoms with Crippen LogP contribution in [-0.2, 0) is 5.41 Å². The molecule has 0 atom stereocenters. The average Bonchev–Trinajstić information content (AvgIpc) is 3.90. The van der Waals surface area contributed by atoms with Crippen LogP contribution in [0.1, 0.15) is 22.3 Å². The number of hydrogen-bond donors (Lipinski definition) is 0.